The van der Waals surface area contributed by atoms with Crippen LogP contribution in [0.3, 0.4) is 0 Å². The molecule has 0 spiro atoms. The first-order valence-electron chi connectivity index (χ1n) is 44.5. The summed E-state index contributed by atoms with van der Waals surface area (Å²) in [5.41, 5.74) is 18.9. The second kappa shape index (κ2) is 56.4. The van der Waals surface area contributed by atoms with E-state index in [1.165, 1.54) is 85.7 Å². The van der Waals surface area contributed by atoms with Crippen LogP contribution in [0.15, 0.2) is 295 Å². The number of aryl methyl sites for hydroxylation is 3. The molecule has 0 radical (unpaired) electrons. The van der Waals surface area contributed by atoms with E-state index in [4.69, 9.17) is 83.7 Å². The van der Waals surface area contributed by atoms with Crippen LogP contribution in [0.5, 0.6) is 34.5 Å². The molecule has 0 aromatic heterocycles. The highest BCUT2D eigenvalue weighted by Gasteiger charge is 2.22. The summed E-state index contributed by atoms with van der Waals surface area (Å²) in [7, 11) is -0.126. The van der Waals surface area contributed by atoms with Crippen molar-refractivity contribution in [2.24, 2.45) is 0 Å². The van der Waals surface area contributed by atoms with E-state index in [0.29, 0.717) is 48.0 Å². The van der Waals surface area contributed by atoms with Gasteiger partial charge in [-0.15, -0.1) is 0 Å². The highest BCUT2D eigenvalue weighted by Crippen LogP contribution is 2.40. The molecule has 0 aliphatic carbocycles. The molecule has 0 saturated carbocycles. The lowest BCUT2D eigenvalue weighted by Crippen LogP contribution is -2.29. The van der Waals surface area contributed by atoms with Crippen LogP contribution in [0.25, 0.3) is 44.2 Å². The molecule has 15 rings (SSSR count). The molecule has 8 N–H and O–H groups in total. The van der Waals surface area contributed by atoms with Gasteiger partial charge in [-0.3, -0.25) is 19.2 Å². The van der Waals surface area contributed by atoms with Crippen LogP contribution in [-0.4, -0.2) is 113 Å². The van der Waals surface area contributed by atoms with Gasteiger partial charge in [-0.2, -0.15) is 4.72 Å². The first-order valence-corrected chi connectivity index (χ1v) is 47.1. The van der Waals surface area contributed by atoms with Crippen molar-refractivity contribution in [3.8, 4) is 67.9 Å². The monoisotopic (exact) mass is 1880 g/mol. The lowest BCUT2D eigenvalue weighted by atomic mass is 9.96. The highest BCUT2D eigenvalue weighted by molar-refractivity contribution is 7.89. The van der Waals surface area contributed by atoms with Crippen molar-refractivity contribution in [2.75, 3.05) is 65.6 Å². The number of anilines is 1. The van der Waals surface area contributed by atoms with Crippen molar-refractivity contribution < 1.29 is 76.4 Å². The van der Waals surface area contributed by atoms with Gasteiger partial charge in [0.2, 0.25) is 30.4 Å². The number of halogens is 3. The van der Waals surface area contributed by atoms with Gasteiger partial charge in [0.25, 0.3) is 0 Å². The summed E-state index contributed by atoms with van der Waals surface area (Å²) in [5.74, 6) is 1.11. The molecule has 3 aliphatic heterocycles. The van der Waals surface area contributed by atoms with Gasteiger partial charge in [0, 0.05) is 109 Å². The van der Waals surface area contributed by atoms with Gasteiger partial charge in [0.05, 0.1) is 4.90 Å². The number of hydrogen-bond acceptors (Lipinski definition) is 16. The number of carboxylic acid groups (broad SMARTS) is 4. The minimum Gasteiger partial charge on any atom is -0.481 e. The molecule has 3 heterocycles. The summed E-state index contributed by atoms with van der Waals surface area (Å²) >= 11 is 18.6. The van der Waals surface area contributed by atoms with Crippen LogP contribution in [0.4, 0.5) is 5.69 Å². The number of unbranched alkanes of at least 4 members (excludes halogenated alkanes) is 1. The number of nitrogens with one attached hydrogen (secondary N) is 4. The summed E-state index contributed by atoms with van der Waals surface area (Å²) in [4.78, 5) is 44.0. The molecule has 3 aliphatic rings. The number of nitrogens with zero attached hydrogens (tertiary/aromatic N) is 1. The van der Waals surface area contributed by atoms with Crippen molar-refractivity contribution in [1.82, 2.24) is 20.7 Å². The molecule has 21 nitrogen and oxygen atoms in total. The second-order valence-corrected chi connectivity index (χ2v) is 34.9. The molecule has 12 aromatic rings. The van der Waals surface area contributed by atoms with Gasteiger partial charge in [-0.05, 0) is 201 Å². The average Bonchev–Trinajstić information content (AvgIpc) is 1.15. The Bertz CT molecular complexity index is 5850. The maximum absolute atomic E-state index is 12.2. The summed E-state index contributed by atoms with van der Waals surface area (Å²) < 4.78 is 58.5. The normalized spacial score (nSPS) is 11.7. The van der Waals surface area contributed by atoms with E-state index in [9.17, 15) is 27.6 Å². The van der Waals surface area contributed by atoms with Gasteiger partial charge in [0.1, 0.15) is 6.54 Å². The molecule has 12 aromatic carbocycles. The quantitative estimate of drug-likeness (QED) is 0.0133. The Morgan fingerprint density at radius 2 is 0.812 bits per heavy atom. The summed E-state index contributed by atoms with van der Waals surface area (Å²) in [6.07, 6.45) is 15.3. The number of hydrogen-bond donors (Lipinski definition) is 8. The zero-order valence-electron chi connectivity index (χ0n) is 76.2. The fourth-order valence-electron chi connectivity index (χ4n) is 14.2. The fraction of sp³-hybridized carbons (Fsp3) is 0.278. The predicted molar refractivity (Wildman–Crippen MR) is 534 cm³/mol. The van der Waals surface area contributed by atoms with Crippen LogP contribution in [0.2, 0.25) is 15.1 Å². The van der Waals surface area contributed by atoms with E-state index in [0.717, 1.165) is 139 Å². The Hall–Kier alpha value is -12.5. The molecular formula is C108H120Cl3N5O16S. The number of allylic oxidation sites excluding steroid dienone is 3. The minimum absolute atomic E-state index is 0.0740. The van der Waals surface area contributed by atoms with E-state index in [2.05, 4.69) is 170 Å². The first kappa shape index (κ1) is 104. The highest BCUT2D eigenvalue weighted by atomic mass is 35.5. The molecular weight excluding hydrogens is 1760 g/mol. The lowest BCUT2D eigenvalue weighted by molar-refractivity contribution is -0.138. The average molecular weight is 1880 g/mol. The van der Waals surface area contributed by atoms with Crippen molar-refractivity contribution in [1.29, 1.82) is 0 Å². The number of aliphatic carboxylic acids is 4. The molecule has 0 bridgehead atoms. The van der Waals surface area contributed by atoms with Crippen molar-refractivity contribution >= 4 is 85.2 Å². The Balaban J connectivity index is 0.000000175. The van der Waals surface area contributed by atoms with Gasteiger partial charge < -0.3 is 69.7 Å². The van der Waals surface area contributed by atoms with Crippen LogP contribution in [0.1, 0.15) is 131 Å². The van der Waals surface area contributed by atoms with E-state index < -0.39 is 40.4 Å². The number of carboxylic acids is 4. The van der Waals surface area contributed by atoms with Crippen LogP contribution in [-0.2, 0) is 74.5 Å². The molecule has 0 unspecified atom stereocenters. The van der Waals surface area contributed by atoms with E-state index in [1.54, 1.807) is 18.2 Å². The van der Waals surface area contributed by atoms with Crippen molar-refractivity contribution in [3.05, 3.63) is 344 Å². The van der Waals surface area contributed by atoms with Crippen LogP contribution in [0, 0.1) is 0 Å². The summed E-state index contributed by atoms with van der Waals surface area (Å²) in [6.45, 7) is 13.8. The standard InChI is InChI=1S/C18H24ClNO2.C16H16ClNO2.3C16H16O2.C14H16N2O4S.C12H16ClNO2/c1-13(2)5-4-6-14(3)7-8-20-11-15-9-17-18(10-16(15)19)22-12-21-17;17-14-9-16-15(19-11-20-16)8-13(14)10-18-7-6-12-4-2-1-3-5-12;17-16(18)11-5-7-13-6-4-10-15(12-13)14-8-2-1-3-9-14;17-16(18)12-6-10-14-9-4-5-11-15(14)13-7-2-1-3-8-13;17-16(18)8-4-5-13-9-11-15(12-10-13)14-6-2-1-3-7-14;1-16(2)12-7-3-6-11-10(12)5-4-8-13(11)21(19,20)15-9-14(17)18;1-2-3-4-14-7-9-5-11-12(6-10(9)13)16-8-15-11/h5,7,9-10,20H,4,6,8,11-12H2,1-3H3;1-5,8-9,18H,6-7,10-11H2;1-4,6,8-10,12H,5,7,11H2,(H,17,18);1-5,7-9,11H,6,10,12H2,(H,17,18);1-3,6-7,9-12H,4-5,8H2,(H,17,18);3-8,15H,9H2,1-2H3,(H,17,18);5-6,14H,2-4,7-8H2,1H3/b14-7+;;;;;;. The fourth-order valence-corrected chi connectivity index (χ4v) is 16.0. The number of ether oxygens (including phenoxy) is 6. The maximum atomic E-state index is 12.2. The number of fused-ring (bicyclic) bond motifs is 4. The van der Waals surface area contributed by atoms with E-state index in [1.807, 2.05) is 152 Å². The van der Waals surface area contributed by atoms with E-state index in [-0.39, 0.29) is 37.7 Å². The SMILES string of the molecule is CC(C)=CCC/C(C)=C/CNCc1cc2c(cc1Cl)OCO2.CCCCNCc1cc2c(cc1Cl)OCO2.CN(C)c1cccc2c(S(=O)(=O)NCC(=O)O)cccc12.Clc1cc2c(cc1CNCCc1ccccc1)OCO2.O=C(O)CCCc1ccc(-c2ccccc2)cc1.O=C(O)CCCc1cccc(-c2ccccc2)c1.O=C(O)CCCc1ccccc1-c1ccccc1. The minimum atomic E-state index is -3.87. The van der Waals surface area contributed by atoms with Gasteiger partial charge >= 0.3 is 23.9 Å². The molecule has 133 heavy (non-hydrogen) atoms. The summed E-state index contributed by atoms with van der Waals surface area (Å²) in [5, 5.41) is 48.2. The smallest absolute Gasteiger partial charge is 0.318 e. The Morgan fingerprint density at radius 1 is 0.391 bits per heavy atom. The third-order valence-electron chi connectivity index (χ3n) is 21.2. The number of carbonyl (C=O) groups is 4. The molecule has 0 saturated heterocycles. The lowest BCUT2D eigenvalue weighted by Gasteiger charge is -2.16. The predicted octanol–water partition coefficient (Wildman–Crippen LogP) is 23.8. The zero-order valence-corrected chi connectivity index (χ0v) is 79.3. The third kappa shape index (κ3) is 36.5. The topological polar surface area (TPSA) is 290 Å². The Labute approximate surface area is 796 Å². The second-order valence-electron chi connectivity index (χ2n) is 32.0. The largest absolute Gasteiger partial charge is 0.481 e. The van der Waals surface area contributed by atoms with Crippen molar-refractivity contribution in [3.63, 3.8) is 0 Å². The number of sulfonamides is 1. The molecule has 700 valence electrons. The van der Waals surface area contributed by atoms with E-state index >= 15 is 0 Å². The van der Waals surface area contributed by atoms with Gasteiger partial charge in [-0.1, -0.05) is 290 Å². The number of benzene rings is 12. The third-order valence-corrected chi connectivity index (χ3v) is 23.7. The van der Waals surface area contributed by atoms with Crippen molar-refractivity contribution in [2.45, 2.75) is 142 Å². The molecule has 0 fully saturated rings. The van der Waals surface area contributed by atoms with Gasteiger partial charge in [0.15, 0.2) is 34.5 Å². The molecule has 0 atom stereocenters. The van der Waals surface area contributed by atoms with Crippen LogP contribution < -0.4 is 54.0 Å². The zero-order chi connectivity index (χ0) is 95.1. The van der Waals surface area contributed by atoms with Gasteiger partial charge in [-0.25, -0.2) is 8.42 Å². The van der Waals surface area contributed by atoms with Crippen LogP contribution >= 0.6 is 34.8 Å². The summed E-state index contributed by atoms with van der Waals surface area (Å²) in [6, 6.07) is 87.4. The molecule has 25 heteroatoms. The maximum Gasteiger partial charge on any atom is 0.318 e. The Kier molecular flexibility index (Phi) is 44.2. The molecule has 0 amide bonds. The Morgan fingerprint density at radius 3 is 1.32 bits per heavy atom. The first-order chi connectivity index (χ1) is 64.3. The number of rotatable bonds is 37.